The van der Waals surface area contributed by atoms with Crippen molar-refractivity contribution in [1.29, 1.82) is 0 Å². The molecular formula is C15H31N. The Bertz CT molecular complexity index is 176. The zero-order chi connectivity index (χ0) is 12.0. The smallest absolute Gasteiger partial charge is 0.00871 e. The van der Waals surface area contributed by atoms with Crippen LogP contribution >= 0.6 is 0 Å². The van der Waals surface area contributed by atoms with Gasteiger partial charge in [0.25, 0.3) is 0 Å². The molecule has 96 valence electrons. The molecule has 0 radical (unpaired) electrons. The number of nitrogens with one attached hydrogen (secondary N) is 1. The molecule has 0 saturated heterocycles. The fraction of sp³-hybridized carbons (Fsp3) is 1.00. The molecule has 0 heterocycles. The van der Waals surface area contributed by atoms with E-state index < -0.39 is 0 Å². The van der Waals surface area contributed by atoms with Gasteiger partial charge in [-0.25, -0.2) is 0 Å². The van der Waals surface area contributed by atoms with Crippen molar-refractivity contribution in [2.24, 2.45) is 17.8 Å². The van der Waals surface area contributed by atoms with Crippen molar-refractivity contribution in [3.8, 4) is 0 Å². The minimum Gasteiger partial charge on any atom is -0.317 e. The Hall–Kier alpha value is -0.0400. The molecule has 0 aromatic carbocycles. The van der Waals surface area contributed by atoms with Gasteiger partial charge in [-0.15, -0.1) is 0 Å². The van der Waals surface area contributed by atoms with Crippen LogP contribution in [0.2, 0.25) is 0 Å². The normalized spacial score (nSPS) is 28.3. The second kappa shape index (κ2) is 7.32. The van der Waals surface area contributed by atoms with Crippen LogP contribution in [0.4, 0.5) is 0 Å². The van der Waals surface area contributed by atoms with Gasteiger partial charge in [0.05, 0.1) is 0 Å². The predicted octanol–water partition coefficient (Wildman–Crippen LogP) is 4.23. The van der Waals surface area contributed by atoms with Crippen LogP contribution in [0, 0.1) is 17.8 Å². The highest BCUT2D eigenvalue weighted by atomic mass is 14.9. The molecular weight excluding hydrogens is 194 g/mol. The maximum atomic E-state index is 3.47. The Kier molecular flexibility index (Phi) is 6.41. The van der Waals surface area contributed by atoms with Crippen LogP contribution in [-0.4, -0.2) is 13.1 Å². The van der Waals surface area contributed by atoms with Gasteiger partial charge >= 0.3 is 0 Å². The van der Waals surface area contributed by atoms with Gasteiger partial charge in [-0.1, -0.05) is 52.9 Å². The van der Waals surface area contributed by atoms with E-state index in [1.165, 1.54) is 44.9 Å². The molecule has 1 heteroatoms. The zero-order valence-corrected chi connectivity index (χ0v) is 11.8. The van der Waals surface area contributed by atoms with E-state index in [4.69, 9.17) is 0 Å². The van der Waals surface area contributed by atoms with Crippen LogP contribution in [-0.2, 0) is 0 Å². The molecule has 0 aromatic heterocycles. The first-order valence-electron chi connectivity index (χ1n) is 7.36. The summed E-state index contributed by atoms with van der Waals surface area (Å²) in [6, 6.07) is 0.722. The lowest BCUT2D eigenvalue weighted by molar-refractivity contribution is 0.203. The molecule has 1 aliphatic carbocycles. The van der Waals surface area contributed by atoms with Crippen molar-refractivity contribution in [2.45, 2.75) is 71.8 Å². The van der Waals surface area contributed by atoms with Gasteiger partial charge in [-0.2, -0.15) is 0 Å². The first kappa shape index (κ1) is 14.0. The second-order valence-electron chi connectivity index (χ2n) is 5.93. The summed E-state index contributed by atoms with van der Waals surface area (Å²) in [6.07, 6.45) is 10.2. The summed E-state index contributed by atoms with van der Waals surface area (Å²) in [5.74, 6) is 2.82. The van der Waals surface area contributed by atoms with Crippen LogP contribution in [0.25, 0.3) is 0 Å². The zero-order valence-electron chi connectivity index (χ0n) is 11.8. The van der Waals surface area contributed by atoms with E-state index in [9.17, 15) is 0 Å². The third-order valence-electron chi connectivity index (χ3n) is 4.61. The second-order valence-corrected chi connectivity index (χ2v) is 5.93. The van der Waals surface area contributed by atoms with Gasteiger partial charge in [0.2, 0.25) is 0 Å². The Morgan fingerprint density at radius 3 is 2.25 bits per heavy atom. The molecule has 3 unspecified atom stereocenters. The average Bonchev–Trinajstić information content (AvgIpc) is 2.30. The molecule has 16 heavy (non-hydrogen) atoms. The van der Waals surface area contributed by atoms with Crippen molar-refractivity contribution >= 4 is 0 Å². The van der Waals surface area contributed by atoms with Crippen molar-refractivity contribution in [2.75, 3.05) is 7.05 Å². The standard InChI is InChI=1S/C15H31N/c1-5-13-8-6-7-9-14(13)10-11-15(16-4)12(2)3/h12-16H,5-11H2,1-4H3. The van der Waals surface area contributed by atoms with Crippen LogP contribution < -0.4 is 5.32 Å². The molecule has 1 rings (SSSR count). The van der Waals surface area contributed by atoms with E-state index in [0.29, 0.717) is 0 Å². The van der Waals surface area contributed by atoms with Crippen molar-refractivity contribution < 1.29 is 0 Å². The SMILES string of the molecule is CCC1CCCCC1CCC(NC)C(C)C. The Balaban J connectivity index is 2.34. The fourth-order valence-corrected chi connectivity index (χ4v) is 3.41. The lowest BCUT2D eigenvalue weighted by atomic mass is 9.75. The minimum atomic E-state index is 0.722. The first-order chi connectivity index (χ1) is 7.69. The minimum absolute atomic E-state index is 0.722. The molecule has 0 spiro atoms. The first-order valence-corrected chi connectivity index (χ1v) is 7.36. The third kappa shape index (κ3) is 4.08. The number of rotatable bonds is 6. The summed E-state index contributed by atoms with van der Waals surface area (Å²) in [6.45, 7) is 7.04. The van der Waals surface area contributed by atoms with E-state index in [0.717, 1.165) is 23.8 Å². The number of hydrogen-bond acceptors (Lipinski definition) is 1. The lowest BCUT2D eigenvalue weighted by Crippen LogP contribution is -2.32. The van der Waals surface area contributed by atoms with Crippen LogP contribution in [0.1, 0.15) is 65.7 Å². The van der Waals surface area contributed by atoms with Gasteiger partial charge in [0.15, 0.2) is 0 Å². The molecule has 0 aromatic rings. The summed E-state index contributed by atoms with van der Waals surface area (Å²) >= 11 is 0. The highest BCUT2D eigenvalue weighted by Crippen LogP contribution is 2.35. The largest absolute Gasteiger partial charge is 0.317 e. The summed E-state index contributed by atoms with van der Waals surface area (Å²) in [5.41, 5.74) is 0. The molecule has 1 nitrogen and oxygen atoms in total. The van der Waals surface area contributed by atoms with Gasteiger partial charge in [0.1, 0.15) is 0 Å². The molecule has 0 bridgehead atoms. The maximum Gasteiger partial charge on any atom is 0.00871 e. The Morgan fingerprint density at radius 2 is 1.75 bits per heavy atom. The van der Waals surface area contributed by atoms with Gasteiger partial charge in [-0.05, 0) is 37.6 Å². The van der Waals surface area contributed by atoms with Gasteiger partial charge < -0.3 is 5.32 Å². The van der Waals surface area contributed by atoms with E-state index >= 15 is 0 Å². The highest BCUT2D eigenvalue weighted by molar-refractivity contribution is 4.77. The van der Waals surface area contributed by atoms with Gasteiger partial charge in [0, 0.05) is 6.04 Å². The summed E-state index contributed by atoms with van der Waals surface area (Å²) in [4.78, 5) is 0. The van der Waals surface area contributed by atoms with Crippen molar-refractivity contribution in [3.05, 3.63) is 0 Å². The molecule has 1 aliphatic rings. The van der Waals surface area contributed by atoms with Crippen LogP contribution in [0.15, 0.2) is 0 Å². The van der Waals surface area contributed by atoms with Crippen LogP contribution in [0.5, 0.6) is 0 Å². The Morgan fingerprint density at radius 1 is 1.12 bits per heavy atom. The summed E-state index contributed by atoms with van der Waals surface area (Å²) in [5, 5.41) is 3.47. The van der Waals surface area contributed by atoms with Gasteiger partial charge in [-0.3, -0.25) is 0 Å². The highest BCUT2D eigenvalue weighted by Gasteiger charge is 2.24. The molecule has 3 atom stereocenters. The molecule has 0 amide bonds. The van der Waals surface area contributed by atoms with Crippen molar-refractivity contribution in [1.82, 2.24) is 5.32 Å². The van der Waals surface area contributed by atoms with Crippen LogP contribution in [0.3, 0.4) is 0 Å². The molecule has 1 saturated carbocycles. The quantitative estimate of drug-likeness (QED) is 0.713. The summed E-state index contributed by atoms with van der Waals surface area (Å²) < 4.78 is 0. The van der Waals surface area contributed by atoms with E-state index in [-0.39, 0.29) is 0 Å². The topological polar surface area (TPSA) is 12.0 Å². The van der Waals surface area contributed by atoms with E-state index in [1.54, 1.807) is 0 Å². The predicted molar refractivity (Wildman–Crippen MR) is 72.7 cm³/mol. The van der Waals surface area contributed by atoms with E-state index in [2.05, 4.69) is 33.1 Å². The number of hydrogen-bond donors (Lipinski definition) is 1. The van der Waals surface area contributed by atoms with E-state index in [1.807, 2.05) is 0 Å². The lowest BCUT2D eigenvalue weighted by Gasteiger charge is -2.32. The third-order valence-corrected chi connectivity index (χ3v) is 4.61. The Labute approximate surface area is 102 Å². The molecule has 1 fully saturated rings. The monoisotopic (exact) mass is 225 g/mol. The van der Waals surface area contributed by atoms with Crippen molar-refractivity contribution in [3.63, 3.8) is 0 Å². The maximum absolute atomic E-state index is 3.47. The fourth-order valence-electron chi connectivity index (χ4n) is 3.41. The summed E-state index contributed by atoms with van der Waals surface area (Å²) in [7, 11) is 2.11. The molecule has 0 aliphatic heterocycles. The molecule has 1 N–H and O–H groups in total. The average molecular weight is 225 g/mol.